The molecule has 84 valence electrons. The molecule has 10 heteroatoms. The Kier molecular flexibility index (Phi) is 3.57. The molecule has 0 bridgehead atoms. The Morgan fingerprint density at radius 1 is 1.67 bits per heavy atom. The van der Waals surface area contributed by atoms with Crippen LogP contribution in [0.2, 0.25) is 0 Å². The highest BCUT2D eigenvalue weighted by atomic mass is 32.2. The summed E-state index contributed by atoms with van der Waals surface area (Å²) in [5, 5.41) is 5.96. The van der Waals surface area contributed by atoms with Crippen molar-refractivity contribution in [3.63, 3.8) is 0 Å². The zero-order valence-electron chi connectivity index (χ0n) is 7.72. The van der Waals surface area contributed by atoms with Gasteiger partial charge in [-0.25, -0.2) is 14.5 Å². The lowest BCUT2D eigenvalue weighted by Crippen LogP contribution is -2.39. The lowest BCUT2D eigenvalue weighted by molar-refractivity contribution is 0.177. The fraction of sp³-hybridized carbons (Fsp3) is 0.400. The molecule has 0 aromatic carbocycles. The number of amides is 1. The van der Waals surface area contributed by atoms with Crippen LogP contribution in [0.1, 0.15) is 5.82 Å². The van der Waals surface area contributed by atoms with Crippen LogP contribution in [0, 0.1) is 0 Å². The third-order valence-electron chi connectivity index (χ3n) is 1.30. The summed E-state index contributed by atoms with van der Waals surface area (Å²) >= 11 is 0. The SMILES string of the molecule is COC(=O)NS(=O)(=O)NCc1ncn[nH]1. The van der Waals surface area contributed by atoms with Crippen molar-refractivity contribution in [3.05, 3.63) is 12.2 Å². The summed E-state index contributed by atoms with van der Waals surface area (Å²) in [6.07, 6.45) is 0.164. The van der Waals surface area contributed by atoms with E-state index in [0.29, 0.717) is 5.82 Å². The lowest BCUT2D eigenvalue weighted by Gasteiger charge is -2.05. The summed E-state index contributed by atoms with van der Waals surface area (Å²) in [4.78, 5) is 14.3. The van der Waals surface area contributed by atoms with Gasteiger partial charge < -0.3 is 4.74 Å². The predicted molar refractivity (Wildman–Crippen MR) is 47.7 cm³/mol. The third kappa shape index (κ3) is 3.91. The van der Waals surface area contributed by atoms with Crippen molar-refractivity contribution in [2.45, 2.75) is 6.54 Å². The van der Waals surface area contributed by atoms with E-state index in [1.54, 1.807) is 4.72 Å². The van der Waals surface area contributed by atoms with Gasteiger partial charge in [-0.2, -0.15) is 18.2 Å². The zero-order valence-corrected chi connectivity index (χ0v) is 8.54. The summed E-state index contributed by atoms with van der Waals surface area (Å²) in [6, 6.07) is 0. The minimum Gasteiger partial charge on any atom is -0.452 e. The number of methoxy groups -OCH3 is 1. The first-order valence-electron chi connectivity index (χ1n) is 3.73. The van der Waals surface area contributed by atoms with Crippen LogP contribution in [0.15, 0.2) is 6.33 Å². The van der Waals surface area contributed by atoms with E-state index >= 15 is 0 Å². The summed E-state index contributed by atoms with van der Waals surface area (Å²) < 4.78 is 30.0. The Hall–Kier alpha value is -1.68. The van der Waals surface area contributed by atoms with Crippen molar-refractivity contribution in [1.29, 1.82) is 0 Å². The maximum Gasteiger partial charge on any atom is 0.421 e. The molecular formula is C5H9N5O4S. The Morgan fingerprint density at radius 2 is 2.40 bits per heavy atom. The van der Waals surface area contributed by atoms with Crippen molar-refractivity contribution >= 4 is 16.3 Å². The maximum atomic E-state index is 11.1. The molecule has 0 atom stereocenters. The molecule has 1 heterocycles. The standard InChI is InChI=1S/C5H9N5O4S/c1-14-5(11)10-15(12,13)8-2-4-6-3-7-9-4/h3,8H,2H2,1H3,(H,10,11)(H,6,7,9). The zero-order chi connectivity index (χ0) is 11.3. The number of hydrogen-bond donors (Lipinski definition) is 3. The van der Waals surface area contributed by atoms with E-state index in [1.807, 2.05) is 0 Å². The van der Waals surface area contributed by atoms with Gasteiger partial charge in [-0.3, -0.25) is 5.10 Å². The molecule has 3 N–H and O–H groups in total. The second kappa shape index (κ2) is 4.70. The molecule has 0 saturated carbocycles. The van der Waals surface area contributed by atoms with E-state index in [1.165, 1.54) is 6.33 Å². The van der Waals surface area contributed by atoms with Crippen LogP contribution in [-0.2, 0) is 21.5 Å². The van der Waals surface area contributed by atoms with Crippen LogP contribution in [0.4, 0.5) is 4.79 Å². The Bertz CT molecular complexity index is 413. The van der Waals surface area contributed by atoms with Crippen LogP contribution in [-0.4, -0.2) is 36.8 Å². The van der Waals surface area contributed by atoms with Crippen LogP contribution in [0.5, 0.6) is 0 Å². The maximum absolute atomic E-state index is 11.1. The number of carbonyl (C=O) groups excluding carboxylic acids is 1. The fourth-order valence-corrected chi connectivity index (χ4v) is 1.37. The van der Waals surface area contributed by atoms with Gasteiger partial charge in [0.1, 0.15) is 12.2 Å². The first-order chi connectivity index (χ1) is 7.03. The van der Waals surface area contributed by atoms with E-state index < -0.39 is 16.3 Å². The summed E-state index contributed by atoms with van der Waals surface area (Å²) in [5.41, 5.74) is 0. The molecule has 0 aliphatic carbocycles. The summed E-state index contributed by atoms with van der Waals surface area (Å²) in [5.74, 6) is 0.324. The van der Waals surface area contributed by atoms with Crippen molar-refractivity contribution in [3.8, 4) is 0 Å². The number of nitrogens with zero attached hydrogens (tertiary/aromatic N) is 2. The molecule has 1 aromatic rings. The molecule has 1 rings (SSSR count). The highest BCUT2D eigenvalue weighted by Gasteiger charge is 2.14. The van der Waals surface area contributed by atoms with Gasteiger partial charge in [-0.05, 0) is 0 Å². The van der Waals surface area contributed by atoms with E-state index in [4.69, 9.17) is 0 Å². The molecule has 0 aliphatic heterocycles. The number of rotatable bonds is 4. The average Bonchev–Trinajstić information content (AvgIpc) is 2.66. The summed E-state index contributed by atoms with van der Waals surface area (Å²) in [6.45, 7) is -0.105. The first kappa shape index (κ1) is 11.4. The van der Waals surface area contributed by atoms with Gasteiger partial charge in [-0.15, -0.1) is 0 Å². The molecule has 15 heavy (non-hydrogen) atoms. The molecule has 0 fully saturated rings. The number of H-pyrrole nitrogens is 1. The topological polar surface area (TPSA) is 126 Å². The van der Waals surface area contributed by atoms with Gasteiger partial charge in [0.15, 0.2) is 0 Å². The minimum atomic E-state index is -3.93. The van der Waals surface area contributed by atoms with Crippen molar-refractivity contribution < 1.29 is 17.9 Å². The van der Waals surface area contributed by atoms with Crippen LogP contribution < -0.4 is 9.44 Å². The Balaban J connectivity index is 2.47. The molecule has 0 spiro atoms. The van der Waals surface area contributed by atoms with Crippen molar-refractivity contribution in [2.24, 2.45) is 0 Å². The van der Waals surface area contributed by atoms with Crippen LogP contribution in [0.3, 0.4) is 0 Å². The smallest absolute Gasteiger partial charge is 0.421 e. The monoisotopic (exact) mass is 235 g/mol. The van der Waals surface area contributed by atoms with E-state index in [9.17, 15) is 13.2 Å². The largest absolute Gasteiger partial charge is 0.452 e. The number of nitrogens with one attached hydrogen (secondary N) is 3. The Morgan fingerprint density at radius 3 is 2.93 bits per heavy atom. The number of hydrogen-bond acceptors (Lipinski definition) is 6. The quantitative estimate of drug-likeness (QED) is 0.582. The van der Waals surface area contributed by atoms with E-state index in [-0.39, 0.29) is 6.54 Å². The molecule has 1 aromatic heterocycles. The van der Waals surface area contributed by atoms with Crippen LogP contribution >= 0.6 is 0 Å². The number of carbonyl (C=O) groups is 1. The Labute approximate surface area is 85.4 Å². The fourth-order valence-electron chi connectivity index (χ4n) is 0.667. The van der Waals surface area contributed by atoms with E-state index in [0.717, 1.165) is 7.11 Å². The van der Waals surface area contributed by atoms with E-state index in [2.05, 4.69) is 24.6 Å². The first-order valence-corrected chi connectivity index (χ1v) is 5.21. The van der Waals surface area contributed by atoms with Gasteiger partial charge in [0, 0.05) is 0 Å². The highest BCUT2D eigenvalue weighted by Crippen LogP contribution is 1.87. The average molecular weight is 235 g/mol. The van der Waals surface area contributed by atoms with Crippen LogP contribution in [0.25, 0.3) is 0 Å². The lowest BCUT2D eigenvalue weighted by atomic mass is 10.6. The van der Waals surface area contributed by atoms with Crippen molar-refractivity contribution in [1.82, 2.24) is 24.6 Å². The van der Waals surface area contributed by atoms with Crippen molar-refractivity contribution in [2.75, 3.05) is 7.11 Å². The molecule has 0 saturated heterocycles. The summed E-state index contributed by atoms with van der Waals surface area (Å²) in [7, 11) is -2.87. The van der Waals surface area contributed by atoms with Gasteiger partial charge in [0.05, 0.1) is 13.7 Å². The third-order valence-corrected chi connectivity index (χ3v) is 2.26. The molecule has 1 amide bonds. The number of aromatic nitrogens is 3. The second-order valence-electron chi connectivity index (χ2n) is 2.35. The molecule has 9 nitrogen and oxygen atoms in total. The van der Waals surface area contributed by atoms with Gasteiger partial charge in [-0.1, -0.05) is 0 Å². The molecule has 0 radical (unpaired) electrons. The molecule has 0 aliphatic rings. The second-order valence-corrected chi connectivity index (χ2v) is 3.85. The molecule has 0 unspecified atom stereocenters. The van der Waals surface area contributed by atoms with Gasteiger partial charge >= 0.3 is 16.3 Å². The number of aromatic amines is 1. The normalized spacial score (nSPS) is 11.0. The predicted octanol–water partition coefficient (Wildman–Crippen LogP) is -1.50. The highest BCUT2D eigenvalue weighted by molar-refractivity contribution is 7.88. The molecular weight excluding hydrogens is 226 g/mol. The van der Waals surface area contributed by atoms with Gasteiger partial charge in [0.2, 0.25) is 0 Å². The minimum absolute atomic E-state index is 0.105. The van der Waals surface area contributed by atoms with Gasteiger partial charge in [0.25, 0.3) is 0 Å². The number of ether oxygens (including phenoxy) is 1.